The number of hydrogen-bond acceptors (Lipinski definition) is 7. The van der Waals surface area contributed by atoms with E-state index in [1.807, 2.05) is 19.9 Å². The number of nitro groups is 1. The van der Waals surface area contributed by atoms with Crippen molar-refractivity contribution in [3.05, 3.63) is 63.2 Å². The van der Waals surface area contributed by atoms with Gasteiger partial charge in [-0.25, -0.2) is 14.9 Å². The van der Waals surface area contributed by atoms with Gasteiger partial charge in [0.2, 0.25) is 5.82 Å². The lowest BCUT2D eigenvalue weighted by atomic mass is 10.2. The number of rotatable bonds is 4. The highest BCUT2D eigenvalue weighted by Gasteiger charge is 2.14. The van der Waals surface area contributed by atoms with Gasteiger partial charge in [0.25, 0.3) is 11.5 Å². The Bertz CT molecular complexity index is 992. The number of aromatic nitrogens is 4. The van der Waals surface area contributed by atoms with Gasteiger partial charge in [0, 0.05) is 23.5 Å². The number of hydrazone groups is 1. The molecular formula is C15H13N7O3. The highest BCUT2D eigenvalue weighted by atomic mass is 16.6. The second kappa shape index (κ2) is 6.43. The maximum absolute atomic E-state index is 12.1. The number of fused-ring (bicyclic) bond motifs is 1. The first-order valence-electron chi connectivity index (χ1n) is 7.23. The third kappa shape index (κ3) is 3.47. The van der Waals surface area contributed by atoms with Crippen molar-refractivity contribution in [3.63, 3.8) is 0 Å². The Labute approximate surface area is 141 Å². The van der Waals surface area contributed by atoms with Gasteiger partial charge in [-0.15, -0.1) is 5.10 Å². The van der Waals surface area contributed by atoms with E-state index in [9.17, 15) is 14.9 Å². The van der Waals surface area contributed by atoms with Gasteiger partial charge in [0.15, 0.2) is 0 Å². The van der Waals surface area contributed by atoms with Crippen LogP contribution in [-0.2, 0) is 0 Å². The molecule has 0 aliphatic rings. The highest BCUT2D eigenvalue weighted by molar-refractivity contribution is 5.91. The lowest BCUT2D eigenvalue weighted by Gasteiger charge is -1.97. The largest absolute Gasteiger partial charge is 0.311 e. The van der Waals surface area contributed by atoms with E-state index in [2.05, 4.69) is 25.6 Å². The molecular weight excluding hydrogens is 326 g/mol. The predicted molar refractivity (Wildman–Crippen MR) is 88.4 cm³/mol. The number of nitrogens with one attached hydrogen (secondary N) is 1. The first kappa shape index (κ1) is 16.2. The van der Waals surface area contributed by atoms with Crippen LogP contribution in [-0.4, -0.2) is 36.6 Å². The van der Waals surface area contributed by atoms with Crippen molar-refractivity contribution in [2.24, 2.45) is 5.10 Å². The number of non-ortho nitro benzene ring substituents is 1. The summed E-state index contributed by atoms with van der Waals surface area (Å²) in [6.07, 6.45) is 1.37. The van der Waals surface area contributed by atoms with Crippen molar-refractivity contribution in [1.82, 2.24) is 25.0 Å². The quantitative estimate of drug-likeness (QED) is 0.435. The minimum atomic E-state index is -0.583. The van der Waals surface area contributed by atoms with Crippen LogP contribution in [0.4, 0.5) is 5.69 Å². The molecule has 3 rings (SSSR count). The maximum Gasteiger partial charge on any atom is 0.311 e. The number of hydrogen-bond donors (Lipinski definition) is 1. The van der Waals surface area contributed by atoms with Gasteiger partial charge >= 0.3 is 5.91 Å². The van der Waals surface area contributed by atoms with Crippen LogP contribution in [0.2, 0.25) is 0 Å². The summed E-state index contributed by atoms with van der Waals surface area (Å²) in [6.45, 7) is 3.67. The van der Waals surface area contributed by atoms with E-state index in [4.69, 9.17) is 0 Å². The summed E-state index contributed by atoms with van der Waals surface area (Å²) in [7, 11) is 0. The second-order valence-electron chi connectivity index (χ2n) is 5.23. The highest BCUT2D eigenvalue weighted by Crippen LogP contribution is 2.10. The zero-order valence-corrected chi connectivity index (χ0v) is 13.4. The lowest BCUT2D eigenvalue weighted by Crippen LogP contribution is -2.19. The molecule has 3 aromatic rings. The minimum absolute atomic E-state index is 0.0201. The fourth-order valence-corrected chi connectivity index (χ4v) is 2.16. The van der Waals surface area contributed by atoms with Crippen LogP contribution in [0.15, 0.2) is 35.4 Å². The van der Waals surface area contributed by atoms with Gasteiger partial charge in [-0.2, -0.15) is 10.1 Å². The normalized spacial score (nSPS) is 11.1. The van der Waals surface area contributed by atoms with E-state index in [1.54, 1.807) is 0 Å². The summed E-state index contributed by atoms with van der Waals surface area (Å²) in [5.41, 5.74) is 4.48. The zero-order valence-electron chi connectivity index (χ0n) is 13.4. The van der Waals surface area contributed by atoms with Crippen molar-refractivity contribution in [1.29, 1.82) is 0 Å². The number of nitro benzene ring substituents is 1. The number of carbonyl (C=O) groups excluding carboxylic acids is 1. The van der Waals surface area contributed by atoms with Crippen molar-refractivity contribution in [2.75, 3.05) is 0 Å². The maximum atomic E-state index is 12.1. The number of carbonyl (C=O) groups is 1. The van der Waals surface area contributed by atoms with Gasteiger partial charge in [-0.1, -0.05) is 0 Å². The molecule has 0 bridgehead atoms. The third-order valence-electron chi connectivity index (χ3n) is 3.30. The molecule has 0 radical (unpaired) electrons. The zero-order chi connectivity index (χ0) is 18.0. The number of benzene rings is 1. The summed E-state index contributed by atoms with van der Waals surface area (Å²) in [5, 5.41) is 18.5. The number of nitrogens with zero attached hydrogens (tertiary/aromatic N) is 6. The Morgan fingerprint density at radius 1 is 1.28 bits per heavy atom. The molecule has 126 valence electrons. The average Bonchev–Trinajstić information content (AvgIpc) is 2.99. The standard InChI is InChI=1S/C15H13N7O3/c1-9-7-10(2)21-15(17-9)18-13(20-21)14(23)19-16-8-11-3-5-12(6-4-11)22(24)25/h3-8H,1-2H3,(H,19,23)/b16-8+. The fraction of sp³-hybridized carbons (Fsp3) is 0.133. The average molecular weight is 339 g/mol. The van der Waals surface area contributed by atoms with E-state index in [-0.39, 0.29) is 11.5 Å². The first-order valence-corrected chi connectivity index (χ1v) is 7.23. The van der Waals surface area contributed by atoms with Crippen LogP contribution in [0, 0.1) is 24.0 Å². The van der Waals surface area contributed by atoms with Gasteiger partial charge in [-0.05, 0) is 37.6 Å². The van der Waals surface area contributed by atoms with E-state index < -0.39 is 10.8 Å². The minimum Gasteiger partial charge on any atom is -0.264 e. The van der Waals surface area contributed by atoms with E-state index >= 15 is 0 Å². The number of amides is 1. The van der Waals surface area contributed by atoms with Crippen LogP contribution in [0.25, 0.3) is 5.78 Å². The van der Waals surface area contributed by atoms with Crippen LogP contribution in [0.3, 0.4) is 0 Å². The van der Waals surface area contributed by atoms with Crippen molar-refractivity contribution in [2.45, 2.75) is 13.8 Å². The fourth-order valence-electron chi connectivity index (χ4n) is 2.16. The molecule has 2 heterocycles. The van der Waals surface area contributed by atoms with Gasteiger partial charge in [0.1, 0.15) is 0 Å². The van der Waals surface area contributed by atoms with Crippen molar-refractivity contribution in [3.8, 4) is 0 Å². The topological polar surface area (TPSA) is 128 Å². The molecule has 1 aromatic carbocycles. The molecule has 10 nitrogen and oxygen atoms in total. The molecule has 0 aliphatic heterocycles. The predicted octanol–water partition coefficient (Wildman–Crippen LogP) is 1.41. The Kier molecular flexibility index (Phi) is 4.16. The number of aryl methyl sites for hydroxylation is 2. The lowest BCUT2D eigenvalue weighted by molar-refractivity contribution is -0.384. The SMILES string of the molecule is Cc1cc(C)n2nc(C(=O)N/N=C/c3ccc([N+](=O)[O-])cc3)nc2n1. The second-order valence-corrected chi connectivity index (χ2v) is 5.23. The summed E-state index contributed by atoms with van der Waals surface area (Å²) >= 11 is 0. The van der Waals surface area contributed by atoms with Crippen LogP contribution in [0.1, 0.15) is 27.6 Å². The molecule has 0 unspecified atom stereocenters. The molecule has 0 saturated carbocycles. The molecule has 10 heteroatoms. The van der Waals surface area contributed by atoms with Crippen LogP contribution >= 0.6 is 0 Å². The molecule has 0 atom stereocenters. The van der Waals surface area contributed by atoms with E-state index in [0.29, 0.717) is 11.3 Å². The summed E-state index contributed by atoms with van der Waals surface area (Å²) in [6, 6.07) is 7.57. The van der Waals surface area contributed by atoms with Gasteiger partial charge in [-0.3, -0.25) is 14.9 Å². The molecule has 0 spiro atoms. The van der Waals surface area contributed by atoms with Gasteiger partial charge < -0.3 is 0 Å². The molecule has 1 amide bonds. The van der Waals surface area contributed by atoms with Crippen LogP contribution in [0.5, 0.6) is 0 Å². The Morgan fingerprint density at radius 3 is 2.68 bits per heavy atom. The Balaban J connectivity index is 1.72. The summed E-state index contributed by atoms with van der Waals surface area (Å²) in [5.74, 6) is -0.301. The Hall–Kier alpha value is -3.69. The van der Waals surface area contributed by atoms with Crippen molar-refractivity contribution >= 4 is 23.6 Å². The van der Waals surface area contributed by atoms with E-state index in [0.717, 1.165) is 11.4 Å². The van der Waals surface area contributed by atoms with E-state index in [1.165, 1.54) is 35.0 Å². The monoisotopic (exact) mass is 339 g/mol. The van der Waals surface area contributed by atoms with Crippen molar-refractivity contribution < 1.29 is 9.72 Å². The smallest absolute Gasteiger partial charge is 0.264 e. The molecule has 0 fully saturated rings. The summed E-state index contributed by atoms with van der Waals surface area (Å²) in [4.78, 5) is 30.4. The van der Waals surface area contributed by atoms with Gasteiger partial charge in [0.05, 0.1) is 11.1 Å². The summed E-state index contributed by atoms with van der Waals surface area (Å²) < 4.78 is 1.47. The first-order chi connectivity index (χ1) is 11.9. The molecule has 0 saturated heterocycles. The third-order valence-corrected chi connectivity index (χ3v) is 3.30. The molecule has 0 aliphatic carbocycles. The molecule has 2 aromatic heterocycles. The molecule has 25 heavy (non-hydrogen) atoms. The molecule has 1 N–H and O–H groups in total. The Morgan fingerprint density at radius 2 is 2.00 bits per heavy atom. The van der Waals surface area contributed by atoms with Crippen LogP contribution < -0.4 is 5.43 Å².